The van der Waals surface area contributed by atoms with E-state index in [2.05, 4.69) is 24.2 Å². The summed E-state index contributed by atoms with van der Waals surface area (Å²) in [5.41, 5.74) is 1.08. The van der Waals surface area contributed by atoms with Gasteiger partial charge in [0.05, 0.1) is 0 Å². The predicted octanol–water partition coefficient (Wildman–Crippen LogP) is 2.79. The average molecular weight is 236 g/mol. The van der Waals surface area contributed by atoms with Gasteiger partial charge in [-0.25, -0.2) is 4.39 Å². The van der Waals surface area contributed by atoms with Gasteiger partial charge in [-0.1, -0.05) is 6.92 Å². The van der Waals surface area contributed by atoms with E-state index in [1.165, 1.54) is 25.0 Å². The number of nitrogens with zero attached hydrogens (tertiary/aromatic N) is 1. The van der Waals surface area contributed by atoms with Crippen molar-refractivity contribution in [2.45, 2.75) is 38.3 Å². The molecule has 94 valence electrons. The quantitative estimate of drug-likeness (QED) is 0.817. The van der Waals surface area contributed by atoms with Crippen LogP contribution in [0.1, 0.15) is 26.2 Å². The maximum Gasteiger partial charge on any atom is 0.123 e. The molecule has 2 nitrogen and oxygen atoms in total. The molecular formula is C14H21FN2. The number of nitrogens with one attached hydrogen (secondary N) is 1. The number of hydrogen-bond acceptors (Lipinski definition) is 2. The van der Waals surface area contributed by atoms with E-state index in [0.717, 1.165) is 24.7 Å². The maximum atomic E-state index is 12.9. The van der Waals surface area contributed by atoms with Crippen LogP contribution in [0.4, 0.5) is 10.1 Å². The fourth-order valence-electron chi connectivity index (χ4n) is 2.03. The molecule has 1 saturated carbocycles. The lowest BCUT2D eigenvalue weighted by Gasteiger charge is -2.29. The van der Waals surface area contributed by atoms with Gasteiger partial charge in [0, 0.05) is 31.4 Å². The summed E-state index contributed by atoms with van der Waals surface area (Å²) < 4.78 is 12.9. The first kappa shape index (κ1) is 12.4. The molecule has 1 aromatic rings. The molecule has 0 spiro atoms. The van der Waals surface area contributed by atoms with Gasteiger partial charge in [-0.05, 0) is 43.5 Å². The van der Waals surface area contributed by atoms with Crippen LogP contribution in [0.25, 0.3) is 0 Å². The van der Waals surface area contributed by atoms with Gasteiger partial charge in [0.2, 0.25) is 0 Å². The Morgan fingerprint density at radius 1 is 1.35 bits per heavy atom. The van der Waals surface area contributed by atoms with Crippen molar-refractivity contribution < 1.29 is 4.39 Å². The molecule has 0 saturated heterocycles. The highest BCUT2D eigenvalue weighted by atomic mass is 19.1. The normalized spacial score (nSPS) is 16.9. The number of hydrogen-bond donors (Lipinski definition) is 1. The Morgan fingerprint density at radius 3 is 2.53 bits per heavy atom. The molecule has 17 heavy (non-hydrogen) atoms. The zero-order valence-electron chi connectivity index (χ0n) is 10.6. The SMILES string of the molecule is CCC(CNC1CC1)N(C)c1ccc(F)cc1. The Morgan fingerprint density at radius 2 is 2.00 bits per heavy atom. The van der Waals surface area contributed by atoms with E-state index in [1.54, 1.807) is 0 Å². The van der Waals surface area contributed by atoms with Gasteiger partial charge in [-0.3, -0.25) is 0 Å². The van der Waals surface area contributed by atoms with Crippen LogP contribution in [0.2, 0.25) is 0 Å². The second-order valence-corrected chi connectivity index (χ2v) is 4.83. The van der Waals surface area contributed by atoms with Crippen LogP contribution in [0, 0.1) is 5.82 Å². The van der Waals surface area contributed by atoms with E-state index in [0.29, 0.717) is 6.04 Å². The van der Waals surface area contributed by atoms with Gasteiger partial charge in [0.1, 0.15) is 5.82 Å². The van der Waals surface area contributed by atoms with Crippen LogP contribution in [-0.4, -0.2) is 25.7 Å². The van der Waals surface area contributed by atoms with Crippen LogP contribution in [0.15, 0.2) is 24.3 Å². The molecular weight excluding hydrogens is 215 g/mol. The molecule has 1 unspecified atom stereocenters. The molecule has 1 fully saturated rings. The monoisotopic (exact) mass is 236 g/mol. The van der Waals surface area contributed by atoms with Gasteiger partial charge in [-0.2, -0.15) is 0 Å². The predicted molar refractivity (Wildman–Crippen MR) is 69.9 cm³/mol. The number of anilines is 1. The molecule has 1 atom stereocenters. The van der Waals surface area contributed by atoms with E-state index in [-0.39, 0.29) is 5.82 Å². The molecule has 1 aromatic carbocycles. The van der Waals surface area contributed by atoms with Gasteiger partial charge in [0.25, 0.3) is 0 Å². The summed E-state index contributed by atoms with van der Waals surface area (Å²) in [5.74, 6) is -0.175. The summed E-state index contributed by atoms with van der Waals surface area (Å²) in [5, 5.41) is 3.55. The Kier molecular flexibility index (Phi) is 4.00. The minimum Gasteiger partial charge on any atom is -0.370 e. The van der Waals surface area contributed by atoms with Crippen molar-refractivity contribution in [1.82, 2.24) is 5.32 Å². The number of rotatable bonds is 6. The lowest BCUT2D eigenvalue weighted by molar-refractivity contribution is 0.538. The van der Waals surface area contributed by atoms with Crippen LogP contribution >= 0.6 is 0 Å². The smallest absolute Gasteiger partial charge is 0.123 e. The summed E-state index contributed by atoms with van der Waals surface area (Å²) in [6, 6.07) is 7.94. The van der Waals surface area contributed by atoms with E-state index >= 15 is 0 Å². The summed E-state index contributed by atoms with van der Waals surface area (Å²) >= 11 is 0. The molecule has 1 N–H and O–H groups in total. The van der Waals surface area contributed by atoms with Crippen molar-refractivity contribution in [1.29, 1.82) is 0 Å². The third kappa shape index (κ3) is 3.43. The molecule has 2 rings (SSSR count). The second-order valence-electron chi connectivity index (χ2n) is 4.83. The van der Waals surface area contributed by atoms with Gasteiger partial charge in [0.15, 0.2) is 0 Å². The summed E-state index contributed by atoms with van der Waals surface area (Å²) in [4.78, 5) is 2.23. The molecule has 0 aliphatic heterocycles. The van der Waals surface area contributed by atoms with Crippen LogP contribution < -0.4 is 10.2 Å². The third-order valence-corrected chi connectivity index (χ3v) is 3.47. The van der Waals surface area contributed by atoms with Crippen molar-refractivity contribution in [2.24, 2.45) is 0 Å². The fourth-order valence-corrected chi connectivity index (χ4v) is 2.03. The topological polar surface area (TPSA) is 15.3 Å². The van der Waals surface area contributed by atoms with Crippen molar-refractivity contribution in [3.05, 3.63) is 30.1 Å². The Bertz CT molecular complexity index is 346. The van der Waals surface area contributed by atoms with Crippen molar-refractivity contribution in [2.75, 3.05) is 18.5 Å². The van der Waals surface area contributed by atoms with Gasteiger partial charge < -0.3 is 10.2 Å². The minimum absolute atomic E-state index is 0.175. The first-order chi connectivity index (χ1) is 8.20. The van der Waals surface area contributed by atoms with E-state index < -0.39 is 0 Å². The highest BCUT2D eigenvalue weighted by molar-refractivity contribution is 5.46. The standard InChI is InChI=1S/C14H21FN2/c1-3-13(10-16-12-6-7-12)17(2)14-8-4-11(15)5-9-14/h4-5,8-9,12-13,16H,3,6-7,10H2,1-2H3. The van der Waals surface area contributed by atoms with E-state index in [4.69, 9.17) is 0 Å². The number of likely N-dealkylation sites (N-methyl/N-ethyl adjacent to an activating group) is 1. The molecule has 0 aromatic heterocycles. The molecule has 0 heterocycles. The van der Waals surface area contributed by atoms with Crippen LogP contribution in [0.3, 0.4) is 0 Å². The maximum absolute atomic E-state index is 12.9. The molecule has 0 bridgehead atoms. The number of halogens is 1. The zero-order valence-corrected chi connectivity index (χ0v) is 10.6. The van der Waals surface area contributed by atoms with Crippen molar-refractivity contribution >= 4 is 5.69 Å². The Hall–Kier alpha value is -1.09. The van der Waals surface area contributed by atoms with Crippen molar-refractivity contribution in [3.8, 4) is 0 Å². The van der Waals surface area contributed by atoms with E-state index in [1.807, 2.05) is 12.1 Å². The highest BCUT2D eigenvalue weighted by Crippen LogP contribution is 2.20. The lowest BCUT2D eigenvalue weighted by atomic mass is 10.1. The first-order valence-electron chi connectivity index (χ1n) is 6.42. The Balaban J connectivity index is 1.94. The molecule has 1 aliphatic rings. The summed E-state index contributed by atoms with van der Waals surface area (Å²) in [7, 11) is 2.08. The zero-order chi connectivity index (χ0) is 12.3. The molecule has 1 aliphatic carbocycles. The first-order valence-corrected chi connectivity index (χ1v) is 6.42. The third-order valence-electron chi connectivity index (χ3n) is 3.47. The fraction of sp³-hybridized carbons (Fsp3) is 0.571. The minimum atomic E-state index is -0.175. The highest BCUT2D eigenvalue weighted by Gasteiger charge is 2.22. The molecule has 3 heteroatoms. The second kappa shape index (κ2) is 5.50. The van der Waals surface area contributed by atoms with Gasteiger partial charge in [-0.15, -0.1) is 0 Å². The summed E-state index contributed by atoms with van der Waals surface area (Å²) in [6.45, 7) is 3.20. The van der Waals surface area contributed by atoms with E-state index in [9.17, 15) is 4.39 Å². The largest absolute Gasteiger partial charge is 0.370 e. The average Bonchev–Trinajstić information content (AvgIpc) is 3.14. The molecule has 0 amide bonds. The van der Waals surface area contributed by atoms with Crippen LogP contribution in [0.5, 0.6) is 0 Å². The van der Waals surface area contributed by atoms with Crippen LogP contribution in [-0.2, 0) is 0 Å². The molecule has 0 radical (unpaired) electrons. The number of benzene rings is 1. The lowest BCUT2D eigenvalue weighted by Crippen LogP contribution is -2.40. The van der Waals surface area contributed by atoms with Gasteiger partial charge >= 0.3 is 0 Å². The van der Waals surface area contributed by atoms with Crippen molar-refractivity contribution in [3.63, 3.8) is 0 Å². The Labute approximate surface area is 103 Å². The summed E-state index contributed by atoms with van der Waals surface area (Å²) in [6.07, 6.45) is 3.72.